The van der Waals surface area contributed by atoms with Gasteiger partial charge in [-0.2, -0.15) is 0 Å². The number of nitrogens with zero attached hydrogens (tertiary/aromatic N) is 1. The van der Waals surface area contributed by atoms with E-state index in [4.69, 9.17) is 5.11 Å². The van der Waals surface area contributed by atoms with Gasteiger partial charge >= 0.3 is 5.97 Å². The molecule has 2 rings (SSSR count). The molecule has 0 aromatic carbocycles. The number of carboxylic acids is 1. The third-order valence-electron chi connectivity index (χ3n) is 3.03. The predicted octanol–water partition coefficient (Wildman–Crippen LogP) is 1.07. The van der Waals surface area contributed by atoms with Crippen LogP contribution in [0.4, 0.5) is 0 Å². The topological polar surface area (TPSA) is 84.3 Å². The standard InChI is InChI=1S/C11H13NO4S/c13-11(14)10-7-9(1-4-12-10)8-2-5-17(15,16)6-3-8/h1,4,7-8H,2-3,5-6H2,(H,13,14). The van der Waals surface area contributed by atoms with Crippen LogP contribution < -0.4 is 0 Å². The quantitative estimate of drug-likeness (QED) is 0.854. The molecule has 0 amide bonds. The first kappa shape index (κ1) is 12.0. The number of carboxylic acid groups (broad SMARTS) is 1. The highest BCUT2D eigenvalue weighted by Gasteiger charge is 2.25. The fraction of sp³-hybridized carbons (Fsp3) is 0.455. The van der Waals surface area contributed by atoms with Crippen LogP contribution in [0, 0.1) is 0 Å². The van der Waals surface area contributed by atoms with Crippen molar-refractivity contribution in [3.05, 3.63) is 29.6 Å². The summed E-state index contributed by atoms with van der Waals surface area (Å²) in [7, 11) is -2.88. The number of pyridine rings is 1. The lowest BCUT2D eigenvalue weighted by Gasteiger charge is -2.22. The Morgan fingerprint density at radius 2 is 2.00 bits per heavy atom. The summed E-state index contributed by atoms with van der Waals surface area (Å²) in [5.41, 5.74) is 0.878. The van der Waals surface area contributed by atoms with Crippen LogP contribution in [0.2, 0.25) is 0 Å². The second kappa shape index (κ2) is 4.44. The van der Waals surface area contributed by atoms with Crippen LogP contribution in [-0.4, -0.2) is 36.0 Å². The Kier molecular flexibility index (Phi) is 3.15. The number of carbonyl (C=O) groups is 1. The van der Waals surface area contributed by atoms with Crippen LogP contribution in [0.15, 0.2) is 18.3 Å². The maximum atomic E-state index is 11.3. The van der Waals surface area contributed by atoms with Gasteiger partial charge in [-0.25, -0.2) is 18.2 Å². The number of aromatic carboxylic acids is 1. The molecule has 92 valence electrons. The van der Waals surface area contributed by atoms with Crippen molar-refractivity contribution >= 4 is 15.8 Å². The van der Waals surface area contributed by atoms with E-state index < -0.39 is 15.8 Å². The van der Waals surface area contributed by atoms with Crippen molar-refractivity contribution in [3.63, 3.8) is 0 Å². The third-order valence-corrected chi connectivity index (χ3v) is 4.74. The Morgan fingerprint density at radius 1 is 1.35 bits per heavy atom. The Hall–Kier alpha value is -1.43. The molecular formula is C11H13NO4S. The number of hydrogen-bond acceptors (Lipinski definition) is 4. The van der Waals surface area contributed by atoms with Gasteiger partial charge in [0.05, 0.1) is 11.5 Å². The van der Waals surface area contributed by atoms with Crippen molar-refractivity contribution in [2.75, 3.05) is 11.5 Å². The molecule has 0 radical (unpaired) electrons. The van der Waals surface area contributed by atoms with Crippen molar-refractivity contribution in [3.8, 4) is 0 Å². The molecule has 5 nitrogen and oxygen atoms in total. The first-order valence-corrected chi connectivity index (χ1v) is 7.20. The van der Waals surface area contributed by atoms with Crippen molar-refractivity contribution in [1.29, 1.82) is 0 Å². The van der Waals surface area contributed by atoms with Crippen LogP contribution in [0.3, 0.4) is 0 Å². The van der Waals surface area contributed by atoms with E-state index in [-0.39, 0.29) is 23.1 Å². The second-order valence-electron chi connectivity index (χ2n) is 4.21. The third kappa shape index (κ3) is 2.82. The molecule has 0 saturated carbocycles. The Labute approximate surface area is 99.4 Å². The molecular weight excluding hydrogens is 242 g/mol. The maximum absolute atomic E-state index is 11.3. The lowest BCUT2D eigenvalue weighted by Crippen LogP contribution is -2.22. The molecule has 1 fully saturated rings. The molecule has 1 saturated heterocycles. The molecule has 6 heteroatoms. The van der Waals surface area contributed by atoms with Crippen LogP contribution in [0.5, 0.6) is 0 Å². The van der Waals surface area contributed by atoms with Crippen molar-refractivity contribution in [2.24, 2.45) is 0 Å². The fourth-order valence-electron chi connectivity index (χ4n) is 2.04. The zero-order chi connectivity index (χ0) is 12.5. The van der Waals surface area contributed by atoms with Gasteiger partial charge in [-0.15, -0.1) is 0 Å². The number of rotatable bonds is 2. The summed E-state index contributed by atoms with van der Waals surface area (Å²) in [6.07, 6.45) is 2.58. The van der Waals surface area contributed by atoms with Gasteiger partial charge in [0.15, 0.2) is 0 Å². The van der Waals surface area contributed by atoms with Gasteiger partial charge in [0.2, 0.25) is 0 Å². The Balaban J connectivity index is 2.18. The largest absolute Gasteiger partial charge is 0.477 e. The van der Waals surface area contributed by atoms with Crippen LogP contribution >= 0.6 is 0 Å². The van der Waals surface area contributed by atoms with Gasteiger partial charge in [0.1, 0.15) is 15.5 Å². The van der Waals surface area contributed by atoms with Crippen LogP contribution in [0.25, 0.3) is 0 Å². The van der Waals surface area contributed by atoms with Gasteiger partial charge in [0, 0.05) is 6.20 Å². The van der Waals surface area contributed by atoms with Gasteiger partial charge < -0.3 is 5.11 Å². The van der Waals surface area contributed by atoms with Crippen LogP contribution in [-0.2, 0) is 9.84 Å². The summed E-state index contributed by atoms with van der Waals surface area (Å²) >= 11 is 0. The first-order valence-electron chi connectivity index (χ1n) is 5.37. The molecule has 1 aromatic rings. The van der Waals surface area contributed by atoms with Gasteiger partial charge in [-0.05, 0) is 36.5 Å². The monoisotopic (exact) mass is 255 g/mol. The molecule has 0 spiro atoms. The van der Waals surface area contributed by atoms with E-state index in [1.165, 1.54) is 12.3 Å². The fourth-order valence-corrected chi connectivity index (χ4v) is 3.53. The van der Waals surface area contributed by atoms with E-state index in [1.54, 1.807) is 6.07 Å². The zero-order valence-electron chi connectivity index (χ0n) is 9.17. The maximum Gasteiger partial charge on any atom is 0.354 e. The minimum atomic E-state index is -2.88. The lowest BCUT2D eigenvalue weighted by atomic mass is 9.94. The van der Waals surface area contributed by atoms with E-state index in [0.717, 1.165) is 5.56 Å². The normalized spacial score (nSPS) is 20.0. The average molecular weight is 255 g/mol. The second-order valence-corrected chi connectivity index (χ2v) is 6.51. The minimum Gasteiger partial charge on any atom is -0.477 e. The molecule has 1 aliphatic rings. The molecule has 1 aromatic heterocycles. The molecule has 0 atom stereocenters. The smallest absolute Gasteiger partial charge is 0.354 e. The molecule has 1 N–H and O–H groups in total. The Bertz CT molecular complexity index is 524. The number of aromatic nitrogens is 1. The summed E-state index contributed by atoms with van der Waals surface area (Å²) < 4.78 is 22.6. The molecule has 0 aliphatic carbocycles. The average Bonchev–Trinajstić information content (AvgIpc) is 2.29. The highest BCUT2D eigenvalue weighted by Crippen LogP contribution is 2.29. The predicted molar refractivity (Wildman–Crippen MR) is 61.8 cm³/mol. The minimum absolute atomic E-state index is 0.0101. The van der Waals surface area contributed by atoms with Crippen molar-refractivity contribution in [1.82, 2.24) is 4.98 Å². The summed E-state index contributed by atoms with van der Waals surface area (Å²) in [5.74, 6) is -0.569. The number of sulfone groups is 1. The molecule has 1 aliphatic heterocycles. The van der Waals surface area contributed by atoms with E-state index >= 15 is 0 Å². The lowest BCUT2D eigenvalue weighted by molar-refractivity contribution is 0.0690. The highest BCUT2D eigenvalue weighted by molar-refractivity contribution is 7.91. The summed E-state index contributed by atoms with van der Waals surface area (Å²) in [5, 5.41) is 8.83. The van der Waals surface area contributed by atoms with E-state index in [2.05, 4.69) is 4.98 Å². The van der Waals surface area contributed by atoms with Crippen molar-refractivity contribution < 1.29 is 18.3 Å². The zero-order valence-corrected chi connectivity index (χ0v) is 9.98. The van der Waals surface area contributed by atoms with Gasteiger partial charge in [0.25, 0.3) is 0 Å². The summed E-state index contributed by atoms with van der Waals surface area (Å²) in [6.45, 7) is 0. The van der Waals surface area contributed by atoms with Gasteiger partial charge in [-0.1, -0.05) is 0 Å². The van der Waals surface area contributed by atoms with E-state index in [1.807, 2.05) is 0 Å². The van der Waals surface area contributed by atoms with Gasteiger partial charge in [-0.3, -0.25) is 0 Å². The molecule has 2 heterocycles. The van der Waals surface area contributed by atoms with E-state index in [9.17, 15) is 13.2 Å². The number of hydrogen-bond donors (Lipinski definition) is 1. The molecule has 0 bridgehead atoms. The van der Waals surface area contributed by atoms with E-state index in [0.29, 0.717) is 12.8 Å². The van der Waals surface area contributed by atoms with Crippen molar-refractivity contribution in [2.45, 2.75) is 18.8 Å². The SMILES string of the molecule is O=C(O)c1cc(C2CCS(=O)(=O)CC2)ccn1. The first-order chi connectivity index (χ1) is 7.98. The Morgan fingerprint density at radius 3 is 2.59 bits per heavy atom. The molecule has 17 heavy (non-hydrogen) atoms. The molecule has 0 unspecified atom stereocenters. The summed E-state index contributed by atoms with van der Waals surface area (Å²) in [6, 6.07) is 3.29. The highest BCUT2D eigenvalue weighted by atomic mass is 32.2. The van der Waals surface area contributed by atoms with Crippen LogP contribution in [0.1, 0.15) is 34.8 Å². The summed E-state index contributed by atoms with van der Waals surface area (Å²) in [4.78, 5) is 14.5.